The Bertz CT molecular complexity index is 770. The molecule has 1 aliphatic rings. The maximum atomic E-state index is 12.7. The van der Waals surface area contributed by atoms with Crippen molar-refractivity contribution in [3.63, 3.8) is 0 Å². The largest absolute Gasteiger partial charge is 0.480 e. The summed E-state index contributed by atoms with van der Waals surface area (Å²) in [4.78, 5) is 37.3. The SMILES string of the molecule is COC(=O)c1ccc(C=C2SC(=S)N(C(CC(C)C)C(=O)O)C2=O)cc1. The van der Waals surface area contributed by atoms with E-state index >= 15 is 0 Å². The highest BCUT2D eigenvalue weighted by Gasteiger charge is 2.40. The number of amides is 1. The number of carbonyl (C=O) groups excluding carboxylic acids is 2. The van der Waals surface area contributed by atoms with Gasteiger partial charge in [-0.25, -0.2) is 9.59 Å². The predicted molar refractivity (Wildman–Crippen MR) is 104 cm³/mol. The minimum atomic E-state index is -1.07. The molecule has 8 heteroatoms. The molecule has 1 atom stereocenters. The fourth-order valence-corrected chi connectivity index (χ4v) is 3.85. The van der Waals surface area contributed by atoms with Gasteiger partial charge in [-0.15, -0.1) is 0 Å². The van der Waals surface area contributed by atoms with E-state index in [1.165, 1.54) is 12.0 Å². The van der Waals surface area contributed by atoms with Crippen LogP contribution in [-0.2, 0) is 14.3 Å². The van der Waals surface area contributed by atoms with E-state index < -0.39 is 23.9 Å². The molecular formula is C18H19NO5S2. The average Bonchev–Trinajstić information content (AvgIpc) is 2.86. The Balaban J connectivity index is 2.25. The van der Waals surface area contributed by atoms with E-state index in [0.717, 1.165) is 11.8 Å². The molecule has 6 nitrogen and oxygen atoms in total. The number of aliphatic carboxylic acids is 1. The molecule has 0 bridgehead atoms. The van der Waals surface area contributed by atoms with Crippen LogP contribution in [0.4, 0.5) is 0 Å². The third-order valence-electron chi connectivity index (χ3n) is 3.74. The second-order valence-electron chi connectivity index (χ2n) is 6.15. The molecule has 0 spiro atoms. The molecule has 1 saturated heterocycles. The molecule has 0 saturated carbocycles. The third kappa shape index (κ3) is 4.50. The van der Waals surface area contributed by atoms with Crippen molar-refractivity contribution >= 4 is 52.2 Å². The first kappa shape index (κ1) is 20.1. The minimum absolute atomic E-state index is 0.107. The van der Waals surface area contributed by atoms with E-state index in [1.54, 1.807) is 30.3 Å². The van der Waals surface area contributed by atoms with Crippen LogP contribution < -0.4 is 0 Å². The maximum absolute atomic E-state index is 12.7. The summed E-state index contributed by atoms with van der Waals surface area (Å²) in [5, 5.41) is 9.47. The smallest absolute Gasteiger partial charge is 0.337 e. The van der Waals surface area contributed by atoms with Crippen LogP contribution in [-0.4, -0.2) is 45.3 Å². The molecule has 1 aliphatic heterocycles. The van der Waals surface area contributed by atoms with Gasteiger partial charge in [0.1, 0.15) is 10.4 Å². The summed E-state index contributed by atoms with van der Waals surface area (Å²) in [5.74, 6) is -1.82. The summed E-state index contributed by atoms with van der Waals surface area (Å²) >= 11 is 6.31. The van der Waals surface area contributed by atoms with E-state index in [-0.39, 0.29) is 10.2 Å². The van der Waals surface area contributed by atoms with Gasteiger partial charge in [-0.3, -0.25) is 9.69 Å². The van der Waals surface area contributed by atoms with Gasteiger partial charge < -0.3 is 9.84 Å². The first-order valence-electron chi connectivity index (χ1n) is 7.92. The molecule has 1 aromatic rings. The number of ether oxygens (including phenoxy) is 1. The van der Waals surface area contributed by atoms with Crippen LogP contribution in [0, 0.1) is 5.92 Å². The van der Waals surface area contributed by atoms with Crippen molar-refractivity contribution in [3.8, 4) is 0 Å². The number of thioether (sulfide) groups is 1. The number of benzene rings is 1. The summed E-state index contributed by atoms with van der Waals surface area (Å²) in [6.45, 7) is 3.79. The molecule has 2 rings (SSSR count). The van der Waals surface area contributed by atoms with Gasteiger partial charge in [0.05, 0.1) is 17.6 Å². The zero-order valence-corrected chi connectivity index (χ0v) is 16.2. The lowest BCUT2D eigenvalue weighted by Gasteiger charge is -2.24. The third-order valence-corrected chi connectivity index (χ3v) is 5.07. The molecule has 0 aromatic heterocycles. The Kier molecular flexibility index (Phi) is 6.55. The zero-order chi connectivity index (χ0) is 19.4. The highest BCUT2D eigenvalue weighted by molar-refractivity contribution is 8.26. The van der Waals surface area contributed by atoms with Crippen molar-refractivity contribution in [3.05, 3.63) is 40.3 Å². The molecule has 1 aromatic carbocycles. The molecule has 1 amide bonds. The minimum Gasteiger partial charge on any atom is -0.480 e. The number of hydrogen-bond donors (Lipinski definition) is 1. The average molecular weight is 393 g/mol. The zero-order valence-electron chi connectivity index (χ0n) is 14.6. The van der Waals surface area contributed by atoms with Crippen molar-refractivity contribution in [2.24, 2.45) is 5.92 Å². The molecule has 1 fully saturated rings. The summed E-state index contributed by atoms with van der Waals surface area (Å²) in [5.41, 5.74) is 1.11. The van der Waals surface area contributed by atoms with Crippen molar-refractivity contribution in [1.29, 1.82) is 0 Å². The molecule has 1 heterocycles. The van der Waals surface area contributed by atoms with Crippen molar-refractivity contribution in [2.75, 3.05) is 7.11 Å². The van der Waals surface area contributed by atoms with Crippen molar-refractivity contribution in [2.45, 2.75) is 26.3 Å². The predicted octanol–water partition coefficient (Wildman–Crippen LogP) is 3.17. The number of hydrogen-bond acceptors (Lipinski definition) is 6. The van der Waals surface area contributed by atoms with Crippen molar-refractivity contribution in [1.82, 2.24) is 4.90 Å². The Morgan fingerprint density at radius 2 is 1.92 bits per heavy atom. The van der Waals surface area contributed by atoms with Gasteiger partial charge in [0.15, 0.2) is 0 Å². The molecular weight excluding hydrogens is 374 g/mol. The van der Waals surface area contributed by atoms with E-state index in [1.807, 2.05) is 13.8 Å². The molecule has 138 valence electrons. The quantitative estimate of drug-likeness (QED) is 0.451. The highest BCUT2D eigenvalue weighted by Crippen LogP contribution is 2.35. The highest BCUT2D eigenvalue weighted by atomic mass is 32.2. The first-order valence-corrected chi connectivity index (χ1v) is 9.15. The standard InChI is InChI=1S/C18H19NO5S2/c1-10(2)8-13(16(21)22)19-15(20)14(26-18(19)25)9-11-4-6-12(7-5-11)17(23)24-3/h4-7,9-10,13H,8H2,1-3H3,(H,21,22). The van der Waals surface area contributed by atoms with E-state index in [9.17, 15) is 19.5 Å². The van der Waals surface area contributed by atoms with Gasteiger partial charge in [-0.05, 0) is 36.1 Å². The Hall–Kier alpha value is -2.19. The van der Waals surface area contributed by atoms with Crippen LogP contribution in [0.1, 0.15) is 36.2 Å². The second kappa shape index (κ2) is 8.46. The number of nitrogens with zero attached hydrogens (tertiary/aromatic N) is 1. The number of carboxylic acids is 1. The van der Waals surface area contributed by atoms with Crippen LogP contribution >= 0.6 is 24.0 Å². The number of rotatable bonds is 6. The van der Waals surface area contributed by atoms with Gasteiger partial charge in [0.2, 0.25) is 0 Å². The summed E-state index contributed by atoms with van der Waals surface area (Å²) < 4.78 is 4.88. The van der Waals surface area contributed by atoms with Crippen LogP contribution in [0.15, 0.2) is 29.2 Å². The van der Waals surface area contributed by atoms with Gasteiger partial charge in [-0.1, -0.05) is 50.0 Å². The first-order chi connectivity index (χ1) is 12.2. The number of esters is 1. The molecule has 0 radical (unpaired) electrons. The molecule has 1 N–H and O–H groups in total. The Labute approximate surface area is 161 Å². The fraction of sp³-hybridized carbons (Fsp3) is 0.333. The number of carbonyl (C=O) groups is 3. The van der Waals surface area contributed by atoms with Gasteiger partial charge in [0, 0.05) is 0 Å². The van der Waals surface area contributed by atoms with E-state index in [2.05, 4.69) is 4.74 Å². The fourth-order valence-electron chi connectivity index (χ4n) is 2.50. The van der Waals surface area contributed by atoms with Gasteiger partial charge >= 0.3 is 11.9 Å². The maximum Gasteiger partial charge on any atom is 0.337 e. The summed E-state index contributed by atoms with van der Waals surface area (Å²) in [6.07, 6.45) is 1.96. The molecule has 1 unspecified atom stereocenters. The lowest BCUT2D eigenvalue weighted by atomic mass is 10.0. The number of carboxylic acid groups (broad SMARTS) is 1. The molecule has 0 aliphatic carbocycles. The summed E-state index contributed by atoms with van der Waals surface area (Å²) in [7, 11) is 1.30. The van der Waals surface area contributed by atoms with Crippen LogP contribution in [0.2, 0.25) is 0 Å². The van der Waals surface area contributed by atoms with Crippen LogP contribution in [0.5, 0.6) is 0 Å². The Morgan fingerprint density at radius 3 is 2.42 bits per heavy atom. The monoisotopic (exact) mass is 393 g/mol. The number of methoxy groups -OCH3 is 1. The van der Waals surface area contributed by atoms with Crippen LogP contribution in [0.3, 0.4) is 0 Å². The molecule has 26 heavy (non-hydrogen) atoms. The van der Waals surface area contributed by atoms with Crippen LogP contribution in [0.25, 0.3) is 6.08 Å². The Morgan fingerprint density at radius 1 is 1.31 bits per heavy atom. The normalized spacial score (nSPS) is 17.1. The topological polar surface area (TPSA) is 83.9 Å². The second-order valence-corrected chi connectivity index (χ2v) is 7.82. The number of thiocarbonyl (C=S) groups is 1. The van der Waals surface area contributed by atoms with Gasteiger partial charge in [-0.2, -0.15) is 0 Å². The lowest BCUT2D eigenvalue weighted by Crippen LogP contribution is -2.44. The van der Waals surface area contributed by atoms with Crippen molar-refractivity contribution < 1.29 is 24.2 Å². The summed E-state index contributed by atoms with van der Waals surface area (Å²) in [6, 6.07) is 5.58. The van der Waals surface area contributed by atoms with E-state index in [0.29, 0.717) is 22.5 Å². The lowest BCUT2D eigenvalue weighted by molar-refractivity contribution is -0.145. The van der Waals surface area contributed by atoms with E-state index in [4.69, 9.17) is 12.2 Å². The van der Waals surface area contributed by atoms with Gasteiger partial charge in [0.25, 0.3) is 5.91 Å².